The average Bonchev–Trinajstić information content (AvgIpc) is 2.50. The second kappa shape index (κ2) is 23.7. The van der Waals surface area contributed by atoms with E-state index in [0.717, 1.165) is 18.4 Å². The van der Waals surface area contributed by atoms with Crippen LogP contribution >= 0.6 is 0 Å². The molecular weight excluding hydrogens is 1030 g/mol. The summed E-state index contributed by atoms with van der Waals surface area (Å²) in [5.41, 5.74) is -2.17. The van der Waals surface area contributed by atoms with Gasteiger partial charge in [-0.05, 0) is 99.7 Å². The van der Waals surface area contributed by atoms with Crippen LogP contribution < -0.4 is 0 Å². The maximum Gasteiger partial charge on any atom is 0.187 e. The zero-order valence-electron chi connectivity index (χ0n) is 46.1. The first-order valence-corrected chi connectivity index (χ1v) is 28.0. The molecule has 0 bridgehead atoms. The third-order valence-corrected chi connectivity index (χ3v) is 20.8. The molecule has 4 heterocycles. The molecule has 0 aromatic heterocycles. The van der Waals surface area contributed by atoms with Gasteiger partial charge in [-0.25, -0.2) is 0 Å². The second-order valence-corrected chi connectivity index (χ2v) is 25.8. The van der Waals surface area contributed by atoms with Crippen LogP contribution in [0.3, 0.4) is 0 Å². The van der Waals surface area contributed by atoms with Crippen LogP contribution in [-0.4, -0.2) is 255 Å². The molecule has 3 saturated carbocycles. The molecule has 24 heteroatoms. The van der Waals surface area contributed by atoms with Gasteiger partial charge in [-0.2, -0.15) is 0 Å². The van der Waals surface area contributed by atoms with E-state index in [1.54, 1.807) is 13.8 Å². The van der Waals surface area contributed by atoms with Crippen molar-refractivity contribution in [3.8, 4) is 0 Å². The standard InChI is InChI=1S/C54H92O24/c1-22(9-13-33(51(4,5)70)76-49-45(40(66)36(62)28(20-57)74-49)78-47-42(68)39(65)35(61)27(19-56)72-47)23-15-16-52(6)30-12-10-24-25(54(30,8)31(59)17-53(23,52)7)11-14-32(50(24,2)3)75-48-43(69)44(37(63)29(21-58)73-48)77-46-41(67)38(64)34(60)26(18-55)71-46/h10,22-23,25-49,55-70H,9,11-21H2,1-8H3/t22-,23?,25?,26-,27+,28-,29-,30?,31-,32+,33-,34-,35+,36-,37-,38+,39-,40+,41-,42+,43-,44+,45-,46+,47-,48+,49+,52+,53-,54+/m1/s1. The van der Waals surface area contributed by atoms with Crippen LogP contribution in [0.5, 0.6) is 0 Å². The summed E-state index contributed by atoms with van der Waals surface area (Å²) in [6.07, 6.45) is -27.4. The van der Waals surface area contributed by atoms with Crippen LogP contribution in [0, 0.1) is 45.3 Å². The lowest BCUT2D eigenvalue weighted by Gasteiger charge is -2.67. The highest BCUT2D eigenvalue weighted by Gasteiger charge is 2.70. The number of ether oxygens (including phenoxy) is 8. The van der Waals surface area contributed by atoms with Crippen LogP contribution in [0.25, 0.3) is 0 Å². The second-order valence-electron chi connectivity index (χ2n) is 25.8. The quantitative estimate of drug-likeness (QED) is 0.0637. The summed E-state index contributed by atoms with van der Waals surface area (Å²) < 4.78 is 47.7. The van der Waals surface area contributed by atoms with Crippen LogP contribution in [0.1, 0.15) is 107 Å². The van der Waals surface area contributed by atoms with Crippen molar-refractivity contribution < 1.29 is 120 Å². The predicted molar refractivity (Wildman–Crippen MR) is 268 cm³/mol. The minimum Gasteiger partial charge on any atom is -0.394 e. The predicted octanol–water partition coefficient (Wildman–Crippen LogP) is -3.23. The molecule has 0 radical (unpaired) electrons. The van der Waals surface area contributed by atoms with Gasteiger partial charge in [0.15, 0.2) is 25.2 Å². The van der Waals surface area contributed by atoms with Gasteiger partial charge in [-0.3, -0.25) is 0 Å². The lowest BCUT2D eigenvalue weighted by atomic mass is 9.38. The molecule has 0 aromatic rings. The first-order chi connectivity index (χ1) is 36.5. The first kappa shape index (κ1) is 62.8. The third kappa shape index (κ3) is 10.8. The van der Waals surface area contributed by atoms with Gasteiger partial charge in [-0.15, -0.1) is 0 Å². The van der Waals surface area contributed by atoms with Crippen molar-refractivity contribution in [3.05, 3.63) is 11.6 Å². The summed E-state index contributed by atoms with van der Waals surface area (Å²) in [6.45, 7) is 13.4. The Morgan fingerprint density at radius 1 is 0.564 bits per heavy atom. The third-order valence-electron chi connectivity index (χ3n) is 20.8. The number of fused-ring (bicyclic) bond motifs is 5. The van der Waals surface area contributed by atoms with Crippen LogP contribution in [-0.2, 0) is 37.9 Å². The number of hydrogen-bond acceptors (Lipinski definition) is 24. The fraction of sp³-hybridized carbons (Fsp3) is 0.963. The maximum absolute atomic E-state index is 12.7. The molecule has 8 rings (SSSR count). The molecule has 3 unspecified atom stereocenters. The highest BCUT2D eigenvalue weighted by Crippen LogP contribution is 2.75. The Morgan fingerprint density at radius 3 is 1.58 bits per heavy atom. The molecule has 0 aromatic carbocycles. The van der Waals surface area contributed by atoms with Crippen molar-refractivity contribution in [1.82, 2.24) is 0 Å². The van der Waals surface area contributed by atoms with Crippen LogP contribution in [0.15, 0.2) is 11.6 Å². The van der Waals surface area contributed by atoms with E-state index in [4.69, 9.17) is 37.9 Å². The van der Waals surface area contributed by atoms with Gasteiger partial charge in [0.05, 0.1) is 50.3 Å². The summed E-state index contributed by atoms with van der Waals surface area (Å²) in [7, 11) is 0. The molecule has 7 fully saturated rings. The average molecular weight is 1130 g/mol. The number of hydrogen-bond donors (Lipinski definition) is 16. The fourth-order valence-corrected chi connectivity index (χ4v) is 15.7. The summed E-state index contributed by atoms with van der Waals surface area (Å²) in [5, 5.41) is 172. The Kier molecular flexibility index (Phi) is 19.1. The van der Waals surface area contributed by atoms with Crippen LogP contribution in [0.4, 0.5) is 0 Å². The van der Waals surface area contributed by atoms with Gasteiger partial charge in [0.1, 0.15) is 97.7 Å². The summed E-state index contributed by atoms with van der Waals surface area (Å²) in [5.74, 6) is 0.206. The Labute approximate surface area is 455 Å². The molecule has 4 saturated heterocycles. The van der Waals surface area contributed by atoms with Gasteiger partial charge in [0.25, 0.3) is 0 Å². The van der Waals surface area contributed by atoms with E-state index in [-0.39, 0.29) is 40.9 Å². The zero-order chi connectivity index (χ0) is 57.5. The molecule has 30 atom stereocenters. The normalized spacial score (nSPS) is 51.4. The molecule has 24 nitrogen and oxygen atoms in total. The molecule has 78 heavy (non-hydrogen) atoms. The minimum atomic E-state index is -1.86. The number of aliphatic hydroxyl groups excluding tert-OH is 15. The van der Waals surface area contributed by atoms with E-state index >= 15 is 0 Å². The lowest BCUT2D eigenvalue weighted by Crippen LogP contribution is -2.66. The lowest BCUT2D eigenvalue weighted by molar-refractivity contribution is -0.375. The Hall–Kier alpha value is -1.22. The smallest absolute Gasteiger partial charge is 0.187 e. The number of aliphatic hydroxyl groups is 16. The van der Waals surface area contributed by atoms with E-state index in [2.05, 4.69) is 47.6 Å². The van der Waals surface area contributed by atoms with E-state index in [1.165, 1.54) is 0 Å². The van der Waals surface area contributed by atoms with Gasteiger partial charge >= 0.3 is 0 Å². The highest BCUT2D eigenvalue weighted by atomic mass is 16.8. The molecule has 4 aliphatic carbocycles. The molecule has 16 N–H and O–H groups in total. The van der Waals surface area contributed by atoms with Crippen molar-refractivity contribution in [2.45, 2.75) is 253 Å². The molecule has 0 spiro atoms. The summed E-state index contributed by atoms with van der Waals surface area (Å²) in [4.78, 5) is 0. The summed E-state index contributed by atoms with van der Waals surface area (Å²) in [6, 6.07) is 0. The monoisotopic (exact) mass is 1120 g/mol. The Morgan fingerprint density at radius 2 is 1.05 bits per heavy atom. The molecule has 4 aliphatic heterocycles. The largest absolute Gasteiger partial charge is 0.394 e. The number of allylic oxidation sites excluding steroid dienone is 1. The van der Waals surface area contributed by atoms with E-state index in [9.17, 15) is 81.7 Å². The first-order valence-electron chi connectivity index (χ1n) is 28.0. The minimum absolute atomic E-state index is 0.0418. The Bertz CT molecular complexity index is 2030. The van der Waals surface area contributed by atoms with Gasteiger partial charge in [0.2, 0.25) is 0 Å². The molecular formula is C54H92O24. The van der Waals surface area contributed by atoms with Crippen molar-refractivity contribution in [3.63, 3.8) is 0 Å². The Balaban J connectivity index is 0.957. The molecule has 8 aliphatic rings. The van der Waals surface area contributed by atoms with Crippen LogP contribution in [0.2, 0.25) is 0 Å². The topological polar surface area (TPSA) is 398 Å². The molecule has 0 amide bonds. The maximum atomic E-state index is 12.7. The van der Waals surface area contributed by atoms with Crippen molar-refractivity contribution in [2.24, 2.45) is 45.3 Å². The zero-order valence-corrected chi connectivity index (χ0v) is 46.1. The number of rotatable bonds is 17. The van der Waals surface area contributed by atoms with Gasteiger partial charge < -0.3 is 120 Å². The van der Waals surface area contributed by atoms with Gasteiger partial charge in [-0.1, -0.05) is 53.2 Å². The van der Waals surface area contributed by atoms with Gasteiger partial charge in [0, 0.05) is 10.8 Å². The van der Waals surface area contributed by atoms with Crippen molar-refractivity contribution >= 4 is 0 Å². The highest BCUT2D eigenvalue weighted by molar-refractivity contribution is 5.32. The van der Waals surface area contributed by atoms with E-state index in [1.807, 2.05) is 0 Å². The van der Waals surface area contributed by atoms with Crippen molar-refractivity contribution in [1.29, 1.82) is 0 Å². The van der Waals surface area contributed by atoms with E-state index < -0.39 is 184 Å². The molecule has 452 valence electrons. The van der Waals surface area contributed by atoms with Crippen molar-refractivity contribution in [2.75, 3.05) is 26.4 Å². The summed E-state index contributed by atoms with van der Waals surface area (Å²) >= 11 is 0. The SMILES string of the molecule is C[C@H](CC[C@@H](O[C@@H]1O[C@H](CO)[C@@H](O)[C@H](O)[C@H]1O[C@H]1O[C@@H](CO)[C@H](O)[C@@H](O)[C@@H]1O)C(C)(C)O)C1CC[C@@]2(C)C3CC=C4C(CC[C@H](O[C@@H]5O[C@H](CO)[C@@H](O)[C@H](O[C@@H]6O[C@H](CO)[C@@H](O)[C@H](O)[C@H]6O)[C@H]5O)C4(C)C)[C@]3(C)[C@H](O)C[C@]12C. The van der Waals surface area contributed by atoms with E-state index in [0.29, 0.717) is 32.1 Å². The fourth-order valence-electron chi connectivity index (χ4n) is 15.7.